The van der Waals surface area contributed by atoms with Gasteiger partial charge in [-0.1, -0.05) is 70.2 Å². The molecule has 0 radical (unpaired) electrons. The number of carbonyl (C=O) groups excluding carboxylic acids is 1. The average molecular weight is 264 g/mol. The first-order valence-corrected chi connectivity index (χ1v) is 6.96. The second-order valence-electron chi connectivity index (χ2n) is 3.66. The van der Waals surface area contributed by atoms with Gasteiger partial charge in [0.15, 0.2) is 0 Å². The Bertz CT molecular complexity index is 326. The smallest absolute Gasteiger partial charge is 0.305 e. The molecule has 0 saturated carbocycles. The van der Waals surface area contributed by atoms with Crippen LogP contribution in [0.5, 0.6) is 0 Å². The summed E-state index contributed by atoms with van der Waals surface area (Å²) >= 11 is 0. The van der Waals surface area contributed by atoms with Gasteiger partial charge in [-0.3, -0.25) is 4.79 Å². The highest BCUT2D eigenvalue weighted by Crippen LogP contribution is 2.02. The second-order valence-corrected chi connectivity index (χ2v) is 3.66. The fourth-order valence-electron chi connectivity index (χ4n) is 1.08. The molecule has 0 aliphatic carbocycles. The standard InChI is InChI=1S/C9H12.C6H10O2.C2H6/c1-3-9-6-4-8(2)5-7-9;1-3-5-8-6(7)4-2;1-2/h4-7H,3H2,1-2H3;3H,1,4-5H2,2H3;1-2H3. The van der Waals surface area contributed by atoms with Gasteiger partial charge in [0.1, 0.15) is 6.61 Å². The maximum atomic E-state index is 10.3. The minimum Gasteiger partial charge on any atom is -0.461 e. The minimum absolute atomic E-state index is 0.176. The van der Waals surface area contributed by atoms with E-state index < -0.39 is 0 Å². The van der Waals surface area contributed by atoms with Crippen LogP contribution in [0.2, 0.25) is 0 Å². The molecule has 0 amide bonds. The van der Waals surface area contributed by atoms with E-state index in [0.29, 0.717) is 13.0 Å². The summed E-state index contributed by atoms with van der Waals surface area (Å²) in [5, 5.41) is 0. The molecule has 2 heteroatoms. The Morgan fingerprint density at radius 3 is 2.11 bits per heavy atom. The summed E-state index contributed by atoms with van der Waals surface area (Å²) in [6.07, 6.45) is 3.13. The third kappa shape index (κ3) is 12.7. The van der Waals surface area contributed by atoms with Crippen molar-refractivity contribution in [2.45, 2.75) is 47.5 Å². The van der Waals surface area contributed by atoms with Crippen molar-refractivity contribution in [2.24, 2.45) is 0 Å². The minimum atomic E-state index is -0.176. The number of aryl methyl sites for hydroxylation is 2. The third-order valence-corrected chi connectivity index (χ3v) is 2.18. The molecule has 0 aromatic heterocycles. The summed E-state index contributed by atoms with van der Waals surface area (Å²) in [6, 6.07) is 8.66. The van der Waals surface area contributed by atoms with E-state index in [1.165, 1.54) is 11.1 Å². The highest BCUT2D eigenvalue weighted by atomic mass is 16.5. The fourth-order valence-corrected chi connectivity index (χ4v) is 1.08. The van der Waals surface area contributed by atoms with Crippen molar-refractivity contribution in [3.05, 3.63) is 48.0 Å². The molecule has 0 heterocycles. The normalized spacial score (nSPS) is 8.26. The molecule has 0 N–H and O–H groups in total. The summed E-state index contributed by atoms with van der Waals surface area (Å²) in [5.41, 5.74) is 2.76. The van der Waals surface area contributed by atoms with Crippen LogP contribution in [0.15, 0.2) is 36.9 Å². The first-order chi connectivity index (χ1) is 9.13. The van der Waals surface area contributed by atoms with Crippen molar-refractivity contribution in [3.8, 4) is 0 Å². The van der Waals surface area contributed by atoms with Gasteiger partial charge in [-0.15, -0.1) is 0 Å². The van der Waals surface area contributed by atoms with E-state index in [1.54, 1.807) is 13.0 Å². The molecular formula is C17H28O2. The lowest BCUT2D eigenvalue weighted by atomic mass is 10.1. The molecule has 0 fully saturated rings. The van der Waals surface area contributed by atoms with Crippen LogP contribution >= 0.6 is 0 Å². The van der Waals surface area contributed by atoms with Crippen LogP contribution in [-0.4, -0.2) is 12.6 Å². The molecule has 0 spiro atoms. The fraction of sp³-hybridized carbons (Fsp3) is 0.471. The molecule has 1 rings (SSSR count). The lowest BCUT2D eigenvalue weighted by Gasteiger charge is -1.94. The Morgan fingerprint density at radius 1 is 1.21 bits per heavy atom. The van der Waals surface area contributed by atoms with Crippen molar-refractivity contribution in [1.29, 1.82) is 0 Å². The number of ether oxygens (including phenoxy) is 1. The summed E-state index contributed by atoms with van der Waals surface area (Å²) in [4.78, 5) is 10.3. The van der Waals surface area contributed by atoms with Crippen molar-refractivity contribution in [2.75, 3.05) is 6.61 Å². The van der Waals surface area contributed by atoms with Gasteiger partial charge in [0.05, 0.1) is 0 Å². The number of rotatable bonds is 4. The van der Waals surface area contributed by atoms with Gasteiger partial charge >= 0.3 is 5.97 Å². The molecule has 1 aromatic rings. The summed E-state index contributed by atoms with van der Waals surface area (Å²) < 4.78 is 4.58. The van der Waals surface area contributed by atoms with E-state index in [2.05, 4.69) is 49.4 Å². The monoisotopic (exact) mass is 264 g/mol. The number of benzene rings is 1. The van der Waals surface area contributed by atoms with Gasteiger partial charge < -0.3 is 4.74 Å². The Balaban J connectivity index is 0. The molecule has 19 heavy (non-hydrogen) atoms. The quantitative estimate of drug-likeness (QED) is 0.581. The third-order valence-electron chi connectivity index (χ3n) is 2.18. The predicted molar refractivity (Wildman–Crippen MR) is 83.4 cm³/mol. The zero-order chi connectivity index (χ0) is 15.1. The van der Waals surface area contributed by atoms with E-state index in [0.717, 1.165) is 6.42 Å². The molecular weight excluding hydrogens is 236 g/mol. The van der Waals surface area contributed by atoms with Gasteiger partial charge in [-0.2, -0.15) is 0 Å². The molecule has 1 aromatic carbocycles. The molecule has 0 unspecified atom stereocenters. The van der Waals surface area contributed by atoms with Crippen molar-refractivity contribution >= 4 is 5.97 Å². The van der Waals surface area contributed by atoms with Crippen molar-refractivity contribution < 1.29 is 9.53 Å². The average Bonchev–Trinajstić information content (AvgIpc) is 2.48. The largest absolute Gasteiger partial charge is 0.461 e. The van der Waals surface area contributed by atoms with Gasteiger partial charge in [0.2, 0.25) is 0 Å². The highest BCUT2D eigenvalue weighted by Gasteiger charge is 1.92. The zero-order valence-corrected chi connectivity index (χ0v) is 13.0. The number of hydrogen-bond donors (Lipinski definition) is 0. The Morgan fingerprint density at radius 2 is 1.74 bits per heavy atom. The van der Waals surface area contributed by atoms with Crippen LogP contribution in [0.1, 0.15) is 45.2 Å². The summed E-state index contributed by atoms with van der Waals surface area (Å²) in [7, 11) is 0. The predicted octanol–water partition coefficient (Wildman–Crippen LogP) is 4.71. The van der Waals surface area contributed by atoms with E-state index in [9.17, 15) is 4.79 Å². The van der Waals surface area contributed by atoms with E-state index in [1.807, 2.05) is 13.8 Å². The maximum Gasteiger partial charge on any atom is 0.305 e. The van der Waals surface area contributed by atoms with Crippen molar-refractivity contribution in [3.63, 3.8) is 0 Å². The lowest BCUT2D eigenvalue weighted by molar-refractivity contribution is -0.141. The van der Waals surface area contributed by atoms with Crippen LogP contribution in [0.4, 0.5) is 0 Å². The number of carbonyl (C=O) groups is 1. The maximum absolute atomic E-state index is 10.3. The SMILES string of the molecule is C=CCOC(=O)CC.CC.CCc1ccc(C)cc1. The van der Waals surface area contributed by atoms with Crippen LogP contribution < -0.4 is 0 Å². The van der Waals surface area contributed by atoms with Crippen LogP contribution in [-0.2, 0) is 16.0 Å². The molecule has 0 saturated heterocycles. The molecule has 2 nitrogen and oxygen atoms in total. The Kier molecular flexibility index (Phi) is 15.1. The van der Waals surface area contributed by atoms with Crippen molar-refractivity contribution in [1.82, 2.24) is 0 Å². The van der Waals surface area contributed by atoms with Gasteiger partial charge in [-0.05, 0) is 18.9 Å². The molecule has 0 aliphatic heterocycles. The zero-order valence-electron chi connectivity index (χ0n) is 13.0. The molecule has 0 atom stereocenters. The van der Waals surface area contributed by atoms with Crippen LogP contribution in [0.3, 0.4) is 0 Å². The van der Waals surface area contributed by atoms with E-state index in [-0.39, 0.29) is 5.97 Å². The highest BCUT2D eigenvalue weighted by molar-refractivity contribution is 5.68. The van der Waals surface area contributed by atoms with Gasteiger partial charge in [0.25, 0.3) is 0 Å². The topological polar surface area (TPSA) is 26.3 Å². The van der Waals surface area contributed by atoms with Gasteiger partial charge in [0, 0.05) is 6.42 Å². The van der Waals surface area contributed by atoms with E-state index in [4.69, 9.17) is 0 Å². The molecule has 108 valence electrons. The second kappa shape index (κ2) is 14.5. The Labute approximate surface area is 118 Å². The number of hydrogen-bond acceptors (Lipinski definition) is 2. The molecule has 0 bridgehead atoms. The summed E-state index contributed by atoms with van der Waals surface area (Å²) in [6.45, 7) is 13.8. The number of esters is 1. The van der Waals surface area contributed by atoms with Crippen LogP contribution in [0.25, 0.3) is 0 Å². The molecule has 0 aliphatic rings. The van der Waals surface area contributed by atoms with Crippen LogP contribution in [0, 0.1) is 6.92 Å². The first-order valence-electron chi connectivity index (χ1n) is 6.96. The summed E-state index contributed by atoms with van der Waals surface area (Å²) in [5.74, 6) is -0.176. The first kappa shape index (κ1) is 19.8. The van der Waals surface area contributed by atoms with E-state index >= 15 is 0 Å². The lowest BCUT2D eigenvalue weighted by Crippen LogP contribution is -2.00. The van der Waals surface area contributed by atoms with Gasteiger partial charge in [-0.25, -0.2) is 0 Å². The Hall–Kier alpha value is -1.57.